The van der Waals surface area contributed by atoms with Gasteiger partial charge in [0.15, 0.2) is 17.3 Å². The molecule has 21 heavy (non-hydrogen) atoms. The molecule has 1 atom stereocenters. The summed E-state index contributed by atoms with van der Waals surface area (Å²) in [7, 11) is 0. The van der Waals surface area contributed by atoms with Gasteiger partial charge in [-0.15, -0.1) is 0 Å². The Hall–Kier alpha value is -1.22. The number of ketones is 1. The van der Waals surface area contributed by atoms with E-state index < -0.39 is 0 Å². The molecule has 1 aliphatic heterocycles. The van der Waals surface area contributed by atoms with E-state index in [0.717, 1.165) is 6.42 Å². The van der Waals surface area contributed by atoms with E-state index >= 15 is 0 Å². The first kappa shape index (κ1) is 16.2. The summed E-state index contributed by atoms with van der Waals surface area (Å²) in [5.41, 5.74) is 0.616. The first-order valence-electron chi connectivity index (χ1n) is 7.41. The number of halogens is 1. The zero-order valence-electron chi connectivity index (χ0n) is 13.2. The molecule has 0 bridgehead atoms. The molecule has 1 aliphatic rings. The van der Waals surface area contributed by atoms with E-state index in [0.29, 0.717) is 41.7 Å². The molecule has 4 heteroatoms. The summed E-state index contributed by atoms with van der Waals surface area (Å²) in [6.45, 7) is 9.72. The Bertz CT molecular complexity index is 532. The van der Waals surface area contributed by atoms with Gasteiger partial charge in [0.25, 0.3) is 0 Å². The van der Waals surface area contributed by atoms with Crippen LogP contribution in [0.3, 0.4) is 0 Å². The largest absolute Gasteiger partial charge is 0.490 e. The second-order valence-corrected chi connectivity index (χ2v) is 7.13. The number of carbonyl (C=O) groups is 1. The van der Waals surface area contributed by atoms with Crippen molar-refractivity contribution in [1.29, 1.82) is 0 Å². The van der Waals surface area contributed by atoms with Crippen molar-refractivity contribution in [2.75, 3.05) is 13.2 Å². The van der Waals surface area contributed by atoms with Crippen molar-refractivity contribution in [2.45, 2.75) is 40.5 Å². The van der Waals surface area contributed by atoms with Gasteiger partial charge in [-0.2, -0.15) is 0 Å². The molecule has 0 saturated heterocycles. The molecule has 0 radical (unpaired) electrons. The van der Waals surface area contributed by atoms with Crippen molar-refractivity contribution < 1.29 is 14.3 Å². The SMILES string of the molecule is CC(CC(=O)c1cc2c(cc1Cl)OCCCO2)C(C)(C)C. The van der Waals surface area contributed by atoms with Crippen molar-refractivity contribution in [3.8, 4) is 11.5 Å². The lowest BCUT2D eigenvalue weighted by Gasteiger charge is -2.26. The maximum absolute atomic E-state index is 12.5. The van der Waals surface area contributed by atoms with Crippen LogP contribution in [0.4, 0.5) is 0 Å². The molecule has 0 spiro atoms. The fraction of sp³-hybridized carbons (Fsp3) is 0.588. The zero-order chi connectivity index (χ0) is 15.6. The van der Waals surface area contributed by atoms with Crippen LogP contribution in [0.1, 0.15) is 50.9 Å². The summed E-state index contributed by atoms with van der Waals surface area (Å²) in [5.74, 6) is 1.57. The lowest BCUT2D eigenvalue weighted by Crippen LogP contribution is -2.20. The molecule has 3 nitrogen and oxygen atoms in total. The molecule has 0 N–H and O–H groups in total. The summed E-state index contributed by atoms with van der Waals surface area (Å²) >= 11 is 6.25. The molecule has 0 aliphatic carbocycles. The number of Topliss-reactive ketones (excluding diaryl/α,β-unsaturated/α-hetero) is 1. The monoisotopic (exact) mass is 310 g/mol. The third kappa shape index (κ3) is 3.91. The first-order chi connectivity index (χ1) is 9.79. The van der Waals surface area contributed by atoms with Crippen LogP contribution in [0.25, 0.3) is 0 Å². The average Bonchev–Trinajstić information content (AvgIpc) is 2.61. The summed E-state index contributed by atoms with van der Waals surface area (Å²) in [6, 6.07) is 3.41. The maximum atomic E-state index is 12.5. The van der Waals surface area contributed by atoms with Crippen molar-refractivity contribution in [3.63, 3.8) is 0 Å². The average molecular weight is 311 g/mol. The van der Waals surface area contributed by atoms with Crippen LogP contribution in [0.2, 0.25) is 5.02 Å². The van der Waals surface area contributed by atoms with Crippen molar-refractivity contribution in [3.05, 3.63) is 22.7 Å². The number of fused-ring (bicyclic) bond motifs is 1. The predicted octanol–water partition coefficient (Wildman–Crippen LogP) is 4.76. The van der Waals surface area contributed by atoms with Crippen LogP contribution in [0.5, 0.6) is 11.5 Å². The van der Waals surface area contributed by atoms with E-state index in [4.69, 9.17) is 21.1 Å². The Morgan fingerprint density at radius 1 is 1.24 bits per heavy atom. The molecular weight excluding hydrogens is 288 g/mol. The topological polar surface area (TPSA) is 35.5 Å². The first-order valence-corrected chi connectivity index (χ1v) is 7.79. The number of hydrogen-bond donors (Lipinski definition) is 0. The lowest BCUT2D eigenvalue weighted by molar-refractivity contribution is 0.0927. The van der Waals surface area contributed by atoms with E-state index in [-0.39, 0.29) is 17.1 Å². The van der Waals surface area contributed by atoms with Gasteiger partial charge in [0, 0.05) is 24.5 Å². The van der Waals surface area contributed by atoms with Gasteiger partial charge in [-0.3, -0.25) is 4.79 Å². The molecule has 0 amide bonds. The van der Waals surface area contributed by atoms with Gasteiger partial charge >= 0.3 is 0 Å². The molecule has 0 fully saturated rings. The molecule has 0 aromatic heterocycles. The summed E-state index contributed by atoms with van der Waals surface area (Å²) in [5, 5.41) is 0.436. The highest BCUT2D eigenvalue weighted by Crippen LogP contribution is 2.37. The quantitative estimate of drug-likeness (QED) is 0.755. The minimum absolute atomic E-state index is 0.0538. The standard InChI is InChI=1S/C17H23ClO3/c1-11(17(2,3)4)8-14(19)12-9-15-16(10-13(12)18)21-7-5-6-20-15/h9-11H,5-8H2,1-4H3. The van der Waals surface area contributed by atoms with Crippen LogP contribution in [0.15, 0.2) is 12.1 Å². The Labute approximate surface area is 131 Å². The van der Waals surface area contributed by atoms with Crippen LogP contribution in [-0.2, 0) is 0 Å². The van der Waals surface area contributed by atoms with E-state index in [1.54, 1.807) is 12.1 Å². The highest BCUT2D eigenvalue weighted by atomic mass is 35.5. The van der Waals surface area contributed by atoms with Crippen LogP contribution >= 0.6 is 11.6 Å². The summed E-state index contributed by atoms with van der Waals surface area (Å²) < 4.78 is 11.2. The Kier molecular flexibility index (Phi) is 4.82. The molecule has 1 heterocycles. The number of benzene rings is 1. The lowest BCUT2D eigenvalue weighted by atomic mass is 9.78. The molecule has 1 aromatic rings. The van der Waals surface area contributed by atoms with Gasteiger partial charge in [-0.25, -0.2) is 0 Å². The van der Waals surface area contributed by atoms with E-state index in [2.05, 4.69) is 27.7 Å². The second-order valence-electron chi connectivity index (χ2n) is 6.72. The van der Waals surface area contributed by atoms with Gasteiger partial charge in [0.2, 0.25) is 0 Å². The fourth-order valence-electron chi connectivity index (χ4n) is 2.09. The second kappa shape index (κ2) is 6.27. The molecule has 0 saturated carbocycles. The van der Waals surface area contributed by atoms with Crippen molar-refractivity contribution >= 4 is 17.4 Å². The predicted molar refractivity (Wildman–Crippen MR) is 84.6 cm³/mol. The molecule has 1 aromatic carbocycles. The number of hydrogen-bond acceptors (Lipinski definition) is 3. The third-order valence-corrected chi connectivity index (χ3v) is 4.42. The molecule has 1 unspecified atom stereocenters. The normalized spacial score (nSPS) is 16.2. The van der Waals surface area contributed by atoms with Gasteiger partial charge in [0.05, 0.1) is 18.2 Å². The number of ether oxygens (including phenoxy) is 2. The summed E-state index contributed by atoms with van der Waals surface area (Å²) in [4.78, 5) is 12.5. The molecule has 2 rings (SSSR count). The van der Waals surface area contributed by atoms with Crippen molar-refractivity contribution in [2.24, 2.45) is 11.3 Å². The maximum Gasteiger partial charge on any atom is 0.164 e. The Balaban J connectivity index is 2.23. The van der Waals surface area contributed by atoms with Crippen LogP contribution in [-0.4, -0.2) is 19.0 Å². The minimum Gasteiger partial charge on any atom is -0.490 e. The van der Waals surface area contributed by atoms with E-state index in [1.807, 2.05) is 0 Å². The zero-order valence-corrected chi connectivity index (χ0v) is 13.9. The van der Waals surface area contributed by atoms with E-state index in [9.17, 15) is 4.79 Å². The number of rotatable bonds is 3. The van der Waals surface area contributed by atoms with Gasteiger partial charge < -0.3 is 9.47 Å². The van der Waals surface area contributed by atoms with Gasteiger partial charge in [-0.1, -0.05) is 39.3 Å². The Morgan fingerprint density at radius 3 is 2.38 bits per heavy atom. The third-order valence-electron chi connectivity index (χ3n) is 4.11. The number of carbonyl (C=O) groups excluding carboxylic acids is 1. The highest BCUT2D eigenvalue weighted by molar-refractivity contribution is 6.34. The van der Waals surface area contributed by atoms with Crippen LogP contribution < -0.4 is 9.47 Å². The van der Waals surface area contributed by atoms with Gasteiger partial charge in [0.1, 0.15) is 0 Å². The fourth-order valence-corrected chi connectivity index (χ4v) is 2.35. The summed E-state index contributed by atoms with van der Waals surface area (Å²) in [6.07, 6.45) is 1.31. The molecule has 116 valence electrons. The van der Waals surface area contributed by atoms with E-state index in [1.165, 1.54) is 0 Å². The molecular formula is C17H23ClO3. The Morgan fingerprint density at radius 2 is 1.81 bits per heavy atom. The highest BCUT2D eigenvalue weighted by Gasteiger charge is 2.25. The smallest absolute Gasteiger partial charge is 0.164 e. The van der Waals surface area contributed by atoms with Gasteiger partial charge in [-0.05, 0) is 17.4 Å². The minimum atomic E-state index is 0.0538. The van der Waals surface area contributed by atoms with Crippen molar-refractivity contribution in [1.82, 2.24) is 0 Å². The van der Waals surface area contributed by atoms with Crippen LogP contribution in [0, 0.1) is 11.3 Å².